The molecule has 1 aliphatic rings. The first-order chi connectivity index (χ1) is 13.7. The minimum atomic E-state index is -0.443. The topological polar surface area (TPSA) is 45.2 Å². The Bertz CT molecular complexity index is 836. The Hall–Kier alpha value is -1.62. The lowest BCUT2D eigenvalue weighted by Crippen LogP contribution is -2.45. The lowest BCUT2D eigenvalue weighted by atomic mass is 9.86. The van der Waals surface area contributed by atoms with Gasteiger partial charge in [-0.2, -0.15) is 0 Å². The number of amides is 1. The lowest BCUT2D eigenvalue weighted by Gasteiger charge is -2.38. The number of halogens is 2. The van der Waals surface area contributed by atoms with Crippen molar-refractivity contribution in [1.29, 1.82) is 0 Å². The van der Waals surface area contributed by atoms with Crippen molar-refractivity contribution in [2.75, 3.05) is 13.1 Å². The van der Waals surface area contributed by atoms with Crippen molar-refractivity contribution in [2.24, 2.45) is 11.3 Å². The van der Waals surface area contributed by atoms with Gasteiger partial charge in [0.2, 0.25) is 5.91 Å². The van der Waals surface area contributed by atoms with E-state index in [0.717, 1.165) is 43.7 Å². The molecule has 1 aromatic carbocycles. The van der Waals surface area contributed by atoms with E-state index in [9.17, 15) is 4.79 Å². The largest absolute Gasteiger partial charge is 0.347 e. The van der Waals surface area contributed by atoms with E-state index in [1.165, 1.54) is 0 Å². The number of piperidine rings is 1. The van der Waals surface area contributed by atoms with Gasteiger partial charge in [0, 0.05) is 24.7 Å². The number of carbonyl (C=O) groups is 1. The second-order valence-corrected chi connectivity index (χ2v) is 9.66. The highest BCUT2D eigenvalue weighted by atomic mass is 35.5. The van der Waals surface area contributed by atoms with Crippen LogP contribution in [0.2, 0.25) is 10.0 Å². The van der Waals surface area contributed by atoms with Crippen molar-refractivity contribution in [2.45, 2.75) is 46.2 Å². The molecule has 0 radical (unpaired) electrons. The van der Waals surface area contributed by atoms with E-state index < -0.39 is 5.41 Å². The molecule has 29 heavy (non-hydrogen) atoms. The highest BCUT2D eigenvalue weighted by molar-refractivity contribution is 6.42. The van der Waals surface area contributed by atoms with Crippen LogP contribution in [0.15, 0.2) is 42.6 Å². The number of nitrogens with one attached hydrogen (secondary N) is 1. The molecule has 1 amide bonds. The van der Waals surface area contributed by atoms with Crippen molar-refractivity contribution in [3.63, 3.8) is 0 Å². The predicted molar refractivity (Wildman–Crippen MR) is 119 cm³/mol. The zero-order valence-corrected chi connectivity index (χ0v) is 18.8. The van der Waals surface area contributed by atoms with E-state index in [4.69, 9.17) is 23.2 Å². The summed E-state index contributed by atoms with van der Waals surface area (Å²) in [6.07, 6.45) is 3.94. The molecule has 4 nitrogen and oxygen atoms in total. The molecule has 1 fully saturated rings. The van der Waals surface area contributed by atoms with Gasteiger partial charge in [0.25, 0.3) is 0 Å². The molecule has 6 heteroatoms. The van der Waals surface area contributed by atoms with Gasteiger partial charge in [-0.25, -0.2) is 0 Å². The first kappa shape index (κ1) is 22.1. The minimum Gasteiger partial charge on any atom is -0.347 e. The van der Waals surface area contributed by atoms with Crippen LogP contribution < -0.4 is 5.32 Å². The maximum atomic E-state index is 12.8. The molecule has 2 atom stereocenters. The summed E-state index contributed by atoms with van der Waals surface area (Å²) in [5, 5.41) is 4.44. The quantitative estimate of drug-likeness (QED) is 0.676. The summed E-state index contributed by atoms with van der Waals surface area (Å²) in [5.74, 6) is 0.350. The highest BCUT2D eigenvalue weighted by Crippen LogP contribution is 2.31. The minimum absolute atomic E-state index is 0.0507. The molecule has 0 spiro atoms. The number of pyridine rings is 1. The summed E-state index contributed by atoms with van der Waals surface area (Å²) in [4.78, 5) is 19.7. The van der Waals surface area contributed by atoms with E-state index in [1.54, 1.807) is 6.20 Å². The van der Waals surface area contributed by atoms with E-state index >= 15 is 0 Å². The Morgan fingerprint density at radius 2 is 2.03 bits per heavy atom. The van der Waals surface area contributed by atoms with Crippen LogP contribution in [0, 0.1) is 11.3 Å². The Balaban J connectivity index is 1.76. The van der Waals surface area contributed by atoms with Gasteiger partial charge in [0.15, 0.2) is 0 Å². The average molecular weight is 434 g/mol. The lowest BCUT2D eigenvalue weighted by molar-refractivity contribution is -0.130. The van der Waals surface area contributed by atoms with E-state index in [2.05, 4.69) is 15.2 Å². The summed E-state index contributed by atoms with van der Waals surface area (Å²) in [5.41, 5.74) is 1.63. The number of benzene rings is 1. The van der Waals surface area contributed by atoms with Crippen LogP contribution in [0.5, 0.6) is 0 Å². The van der Waals surface area contributed by atoms with Crippen molar-refractivity contribution >= 4 is 29.1 Å². The Morgan fingerprint density at radius 3 is 2.69 bits per heavy atom. The van der Waals surface area contributed by atoms with Crippen molar-refractivity contribution in [3.05, 3.63) is 63.9 Å². The molecule has 1 aliphatic heterocycles. The van der Waals surface area contributed by atoms with Gasteiger partial charge >= 0.3 is 0 Å². The molecule has 1 N–H and O–H groups in total. The zero-order chi connectivity index (χ0) is 21.0. The van der Waals surface area contributed by atoms with Gasteiger partial charge < -0.3 is 5.32 Å². The van der Waals surface area contributed by atoms with E-state index in [1.807, 2.05) is 57.2 Å². The average Bonchev–Trinajstić information content (AvgIpc) is 2.69. The molecule has 2 unspecified atom stereocenters. The fraction of sp³-hybridized carbons (Fsp3) is 0.478. The molecule has 1 aromatic heterocycles. The summed E-state index contributed by atoms with van der Waals surface area (Å²) in [7, 11) is 0. The van der Waals surface area contributed by atoms with Gasteiger partial charge in [0.05, 0.1) is 21.8 Å². The third-order valence-corrected chi connectivity index (χ3v) is 6.12. The zero-order valence-electron chi connectivity index (χ0n) is 17.3. The second kappa shape index (κ2) is 9.46. The van der Waals surface area contributed by atoms with Crippen LogP contribution >= 0.6 is 23.2 Å². The first-order valence-electron chi connectivity index (χ1n) is 10.1. The Morgan fingerprint density at radius 1 is 1.24 bits per heavy atom. The van der Waals surface area contributed by atoms with Crippen LogP contribution in [0.4, 0.5) is 0 Å². The molecular formula is C23H29Cl2N3O. The van der Waals surface area contributed by atoms with Crippen LogP contribution in [-0.4, -0.2) is 28.9 Å². The number of aromatic nitrogens is 1. The summed E-state index contributed by atoms with van der Waals surface area (Å²) < 4.78 is 0. The maximum Gasteiger partial charge on any atom is 0.225 e. The highest BCUT2D eigenvalue weighted by Gasteiger charge is 2.33. The van der Waals surface area contributed by atoms with Gasteiger partial charge in [-0.15, -0.1) is 0 Å². The van der Waals surface area contributed by atoms with Gasteiger partial charge in [0.1, 0.15) is 0 Å². The third-order valence-electron chi connectivity index (χ3n) is 5.38. The number of likely N-dealkylation sites (tertiary alicyclic amines) is 1. The molecule has 1 saturated heterocycles. The van der Waals surface area contributed by atoms with Crippen LogP contribution in [0.1, 0.15) is 50.9 Å². The molecular weight excluding hydrogens is 405 g/mol. The predicted octanol–water partition coefficient (Wildman–Crippen LogP) is 5.50. The first-order valence-corrected chi connectivity index (χ1v) is 10.9. The standard InChI is InChI=1S/C23H29Cl2N3O/c1-23(2,3)22(29)27-21(20-8-4-5-11-26-20)17-7-6-12-28(15-17)14-16-9-10-18(24)19(25)13-16/h4-5,8-11,13,17,21H,6-7,12,14-15H2,1-3H3,(H,27,29). The Labute approximate surface area is 183 Å². The fourth-order valence-electron chi connectivity index (χ4n) is 3.75. The van der Waals surface area contributed by atoms with E-state index in [-0.39, 0.29) is 11.9 Å². The molecule has 0 aliphatic carbocycles. The van der Waals surface area contributed by atoms with Crippen molar-refractivity contribution in [3.8, 4) is 0 Å². The second-order valence-electron chi connectivity index (χ2n) is 8.84. The van der Waals surface area contributed by atoms with Crippen LogP contribution in [0.25, 0.3) is 0 Å². The molecule has 3 rings (SSSR count). The summed E-state index contributed by atoms with van der Waals surface area (Å²) in [6, 6.07) is 11.6. The maximum absolute atomic E-state index is 12.8. The van der Waals surface area contributed by atoms with Gasteiger partial charge in [-0.1, -0.05) is 56.1 Å². The number of carbonyl (C=O) groups excluding carboxylic acids is 1. The third kappa shape index (κ3) is 5.94. The molecule has 0 bridgehead atoms. The monoisotopic (exact) mass is 433 g/mol. The van der Waals surface area contributed by atoms with Crippen LogP contribution in [0.3, 0.4) is 0 Å². The number of hydrogen-bond acceptors (Lipinski definition) is 3. The molecule has 2 aromatic rings. The summed E-state index contributed by atoms with van der Waals surface area (Å²) >= 11 is 12.2. The molecule has 0 saturated carbocycles. The number of hydrogen-bond donors (Lipinski definition) is 1. The van der Waals surface area contributed by atoms with Gasteiger partial charge in [-0.05, 0) is 55.1 Å². The van der Waals surface area contributed by atoms with Crippen molar-refractivity contribution in [1.82, 2.24) is 15.2 Å². The summed E-state index contributed by atoms with van der Waals surface area (Å²) in [6.45, 7) is 8.56. The molecule has 156 valence electrons. The Kier molecular flexibility index (Phi) is 7.20. The van der Waals surface area contributed by atoms with Gasteiger partial charge in [-0.3, -0.25) is 14.7 Å². The SMILES string of the molecule is CC(C)(C)C(=O)NC(c1ccccn1)C1CCCN(Cc2ccc(Cl)c(Cl)c2)C1. The van der Waals surface area contributed by atoms with E-state index in [0.29, 0.717) is 16.0 Å². The normalized spacial score (nSPS) is 19.0. The smallest absolute Gasteiger partial charge is 0.225 e. The van der Waals surface area contributed by atoms with Crippen molar-refractivity contribution < 1.29 is 4.79 Å². The number of nitrogens with zero attached hydrogens (tertiary/aromatic N) is 2. The number of rotatable bonds is 5. The van der Waals surface area contributed by atoms with Crippen LogP contribution in [-0.2, 0) is 11.3 Å². The fourth-order valence-corrected chi connectivity index (χ4v) is 4.07. The molecule has 2 heterocycles.